The first-order valence-corrected chi connectivity index (χ1v) is 6.00. The minimum absolute atomic E-state index is 0. The quantitative estimate of drug-likeness (QED) is 0.128. The van der Waals surface area contributed by atoms with E-state index in [9.17, 15) is 0 Å². The van der Waals surface area contributed by atoms with E-state index in [2.05, 4.69) is 0 Å². The molecule has 0 rings (SSSR count). The van der Waals surface area contributed by atoms with Crippen molar-refractivity contribution in [3.05, 3.63) is 0 Å². The fourth-order valence-electron chi connectivity index (χ4n) is 0. The Morgan fingerprint density at radius 2 is 0.276 bits per heavy atom. The molecule has 0 bridgehead atoms. The van der Waals surface area contributed by atoms with E-state index in [0.29, 0.717) is 0 Å². The molecule has 0 unspecified atom stereocenters. The van der Waals surface area contributed by atoms with Gasteiger partial charge in [-0.05, 0) is 0 Å². The maximum absolute atomic E-state index is 8.52. The second-order valence-corrected chi connectivity index (χ2v) is 3.67. The van der Waals surface area contributed by atoms with Crippen LogP contribution in [-0.4, -0.2) is 118 Å². The summed E-state index contributed by atoms with van der Waals surface area (Å²) in [4.78, 5) is 0. The molecular formula is H24O24Rh2S3. The van der Waals surface area contributed by atoms with Crippen molar-refractivity contribution in [2.75, 3.05) is 0 Å². The third-order valence-electron chi connectivity index (χ3n) is 0. The SMILES string of the molecule is O.O.O.O.O.O.O.O.O.O.O.O.O=S(=O)([O-])[O-].O=S(=O)([O-])[O-].O=S(=O)([O-])[O-].[Rh+3].[Rh+3]. The molecule has 204 valence electrons. The molecule has 0 atom stereocenters. The van der Waals surface area contributed by atoms with Gasteiger partial charge in [0.15, 0.2) is 0 Å². The topological polar surface area (TPSA) is 619 Å². The van der Waals surface area contributed by atoms with Gasteiger partial charge in [0.1, 0.15) is 0 Å². The maximum Gasteiger partial charge on any atom is 3.00 e. The average molecular weight is 710 g/mol. The van der Waals surface area contributed by atoms with Gasteiger partial charge >= 0.3 is 39.0 Å². The minimum atomic E-state index is -5.17. The predicted molar refractivity (Wildman–Crippen MR) is 74.8 cm³/mol. The minimum Gasteiger partial charge on any atom is -0.759 e. The van der Waals surface area contributed by atoms with Crippen LogP contribution in [-0.2, 0) is 70.2 Å². The molecule has 29 heavy (non-hydrogen) atoms. The summed E-state index contributed by atoms with van der Waals surface area (Å²) < 4.78 is 102. The first kappa shape index (κ1) is 154. The molecule has 0 spiro atoms. The van der Waals surface area contributed by atoms with Crippen molar-refractivity contribution in [3.63, 3.8) is 0 Å². The van der Waals surface area contributed by atoms with Gasteiger partial charge in [-0.25, -0.2) is 0 Å². The van der Waals surface area contributed by atoms with Gasteiger partial charge in [0, 0.05) is 31.2 Å². The summed E-state index contributed by atoms with van der Waals surface area (Å²) in [6.45, 7) is 0. The van der Waals surface area contributed by atoms with Crippen molar-refractivity contribution >= 4 is 31.2 Å². The summed E-state index contributed by atoms with van der Waals surface area (Å²) >= 11 is 0. The van der Waals surface area contributed by atoms with Gasteiger partial charge in [-0.3, -0.25) is 25.3 Å². The van der Waals surface area contributed by atoms with Crippen molar-refractivity contribution < 1.29 is 157 Å². The molecule has 24 N–H and O–H groups in total. The zero-order chi connectivity index (χ0) is 13.5. The molecule has 0 amide bonds. The number of hydrogen-bond donors (Lipinski definition) is 0. The van der Waals surface area contributed by atoms with E-state index in [1.165, 1.54) is 0 Å². The summed E-state index contributed by atoms with van der Waals surface area (Å²) in [5.41, 5.74) is 0. The van der Waals surface area contributed by atoms with Crippen molar-refractivity contribution in [3.8, 4) is 0 Å². The van der Waals surface area contributed by atoms with E-state index in [0.717, 1.165) is 0 Å². The second kappa shape index (κ2) is 63.0. The molecule has 0 aromatic heterocycles. The first-order chi connectivity index (χ1) is 6.00. The Morgan fingerprint density at radius 3 is 0.276 bits per heavy atom. The zero-order valence-electron chi connectivity index (χ0n) is 12.8. The Kier molecular flexibility index (Phi) is 335. The van der Waals surface area contributed by atoms with Crippen LogP contribution >= 0.6 is 0 Å². The third-order valence-corrected chi connectivity index (χ3v) is 0. The van der Waals surface area contributed by atoms with Gasteiger partial charge in [0.2, 0.25) is 0 Å². The van der Waals surface area contributed by atoms with E-state index in [1.54, 1.807) is 0 Å². The third kappa shape index (κ3) is 139000. The predicted octanol–water partition coefficient (Wildman–Crippen LogP) is -13.9. The Balaban J connectivity index is -0.00000000400. The molecule has 0 saturated heterocycles. The zero-order valence-corrected chi connectivity index (χ0v) is 18.5. The van der Waals surface area contributed by atoms with E-state index in [4.69, 9.17) is 52.6 Å². The van der Waals surface area contributed by atoms with Gasteiger partial charge in [-0.1, -0.05) is 0 Å². The molecule has 0 aliphatic rings. The van der Waals surface area contributed by atoms with Gasteiger partial charge in [-0.2, -0.15) is 0 Å². The van der Waals surface area contributed by atoms with Gasteiger partial charge in [0.25, 0.3) is 0 Å². The number of rotatable bonds is 0. The van der Waals surface area contributed by atoms with Gasteiger partial charge < -0.3 is 93.0 Å². The van der Waals surface area contributed by atoms with E-state index >= 15 is 0 Å². The van der Waals surface area contributed by atoms with Crippen LogP contribution in [0.5, 0.6) is 0 Å². The molecule has 0 aliphatic carbocycles. The maximum atomic E-state index is 8.52. The van der Waals surface area contributed by atoms with Crippen molar-refractivity contribution in [2.24, 2.45) is 0 Å². The monoisotopic (exact) mass is 710 g/mol. The molecule has 0 aliphatic heterocycles. The smallest absolute Gasteiger partial charge is 0.759 e. The summed E-state index contributed by atoms with van der Waals surface area (Å²) in [5.74, 6) is 0. The molecule has 0 heterocycles. The van der Waals surface area contributed by atoms with E-state index in [1.807, 2.05) is 0 Å². The Morgan fingerprint density at radius 1 is 0.276 bits per heavy atom. The average Bonchev–Trinajstić information content (AvgIpc) is 1.41. The fraction of sp³-hybridized carbons (Fsp3) is 0. The normalized spacial score (nSPS) is 6.00. The standard InChI is InChI=1S/3H2O4S.12H2O.2Rh/c3*1-5(2,3)4;;;;;;;;;;;;;;/h3*(H2,1,2,3,4);12*1H2;;/q;;;;;;;;;;;;;;;2*+3/p-6. The molecule has 0 fully saturated rings. The summed E-state index contributed by atoms with van der Waals surface area (Å²) in [6, 6.07) is 0. The van der Waals surface area contributed by atoms with E-state index in [-0.39, 0.29) is 105 Å². The Hall–Kier alpha value is 0.377. The summed E-state index contributed by atoms with van der Waals surface area (Å²) in [7, 11) is -15.5. The molecule has 0 radical (unpaired) electrons. The van der Waals surface area contributed by atoms with Crippen molar-refractivity contribution in [1.29, 1.82) is 0 Å². The van der Waals surface area contributed by atoms with Crippen LogP contribution in [0.3, 0.4) is 0 Å². The summed E-state index contributed by atoms with van der Waals surface area (Å²) in [5, 5.41) is 0. The van der Waals surface area contributed by atoms with Crippen LogP contribution in [0.25, 0.3) is 0 Å². The molecular weight excluding hydrogens is 686 g/mol. The largest absolute Gasteiger partial charge is 3.00 e. The van der Waals surface area contributed by atoms with Crippen LogP contribution in [0.15, 0.2) is 0 Å². The van der Waals surface area contributed by atoms with E-state index < -0.39 is 31.2 Å². The Labute approximate surface area is 188 Å². The Bertz CT molecular complexity index is 345. The van der Waals surface area contributed by atoms with Crippen LogP contribution in [0.1, 0.15) is 0 Å². The molecule has 0 saturated carbocycles. The fourth-order valence-corrected chi connectivity index (χ4v) is 0. The second-order valence-electron chi connectivity index (χ2n) is 1.22. The van der Waals surface area contributed by atoms with Crippen LogP contribution < -0.4 is 0 Å². The first-order valence-electron chi connectivity index (χ1n) is 2.00. The van der Waals surface area contributed by atoms with Crippen LogP contribution in [0.2, 0.25) is 0 Å². The summed E-state index contributed by atoms with van der Waals surface area (Å²) in [6.07, 6.45) is 0. The van der Waals surface area contributed by atoms with Gasteiger partial charge in [0.05, 0.1) is 0 Å². The van der Waals surface area contributed by atoms with Crippen LogP contribution in [0, 0.1) is 0 Å². The van der Waals surface area contributed by atoms with Gasteiger partial charge in [-0.15, -0.1) is 0 Å². The molecule has 0 aromatic rings. The van der Waals surface area contributed by atoms with Crippen molar-refractivity contribution in [2.45, 2.75) is 0 Å². The number of hydrogen-bond acceptors (Lipinski definition) is 12. The molecule has 24 nitrogen and oxygen atoms in total. The van der Waals surface area contributed by atoms with Crippen LogP contribution in [0.4, 0.5) is 0 Å². The molecule has 29 heteroatoms. The molecule has 0 aromatic carbocycles. The van der Waals surface area contributed by atoms with Crippen molar-refractivity contribution in [1.82, 2.24) is 0 Å².